The summed E-state index contributed by atoms with van der Waals surface area (Å²) in [5.74, 6) is -0.0921. The van der Waals surface area contributed by atoms with E-state index in [0.717, 1.165) is 22.7 Å². The standard InChI is InChI=1S/C20H21N3O2S/c1-4-23-18-8-6-5-7-17(18)22-20(23)26-13(2)19(25)15-9-11-16(12-10-15)21-14(3)24/h5-13H,4H2,1-3H3,(H,21,24)/t13-/m0/s1. The number of ketones is 1. The molecule has 3 aromatic rings. The Morgan fingerprint density at radius 3 is 2.50 bits per heavy atom. The molecule has 0 saturated carbocycles. The second kappa shape index (κ2) is 7.74. The number of rotatable bonds is 6. The van der Waals surface area contributed by atoms with Crippen molar-refractivity contribution in [2.75, 3.05) is 5.32 Å². The van der Waals surface area contributed by atoms with Crippen molar-refractivity contribution in [3.8, 4) is 0 Å². The highest BCUT2D eigenvalue weighted by Crippen LogP contribution is 2.29. The average molecular weight is 367 g/mol. The summed E-state index contributed by atoms with van der Waals surface area (Å²) in [6.45, 7) is 6.23. The minimum absolute atomic E-state index is 0.0408. The molecular formula is C20H21N3O2S. The van der Waals surface area contributed by atoms with E-state index in [1.165, 1.54) is 18.7 Å². The van der Waals surface area contributed by atoms with Gasteiger partial charge in [0, 0.05) is 24.7 Å². The molecule has 0 unspecified atom stereocenters. The maximum absolute atomic E-state index is 12.8. The first-order valence-corrected chi connectivity index (χ1v) is 9.41. The molecule has 6 heteroatoms. The van der Waals surface area contributed by atoms with Crippen LogP contribution in [0.5, 0.6) is 0 Å². The van der Waals surface area contributed by atoms with Crippen molar-refractivity contribution >= 4 is 40.2 Å². The molecule has 0 fully saturated rings. The molecule has 0 aliphatic rings. The SMILES string of the molecule is CCn1c(S[C@@H](C)C(=O)c2ccc(NC(C)=O)cc2)nc2ccccc21. The molecule has 0 radical (unpaired) electrons. The Labute approximate surface area is 156 Å². The lowest BCUT2D eigenvalue weighted by atomic mass is 10.1. The molecule has 3 rings (SSSR count). The summed E-state index contributed by atoms with van der Waals surface area (Å²) in [6, 6.07) is 15.0. The summed E-state index contributed by atoms with van der Waals surface area (Å²) in [5.41, 5.74) is 3.33. The Kier molecular flexibility index (Phi) is 5.42. The van der Waals surface area contributed by atoms with E-state index in [4.69, 9.17) is 0 Å². The molecule has 1 heterocycles. The number of fused-ring (bicyclic) bond motifs is 1. The number of carbonyl (C=O) groups is 2. The third kappa shape index (κ3) is 3.80. The van der Waals surface area contributed by atoms with Crippen LogP contribution in [0.1, 0.15) is 31.1 Å². The van der Waals surface area contributed by atoms with E-state index in [1.807, 2.05) is 31.2 Å². The molecule has 0 aliphatic carbocycles. The van der Waals surface area contributed by atoms with E-state index in [2.05, 4.69) is 21.8 Å². The summed E-state index contributed by atoms with van der Waals surface area (Å²) in [7, 11) is 0. The van der Waals surface area contributed by atoms with Crippen LogP contribution >= 0.6 is 11.8 Å². The van der Waals surface area contributed by atoms with E-state index in [9.17, 15) is 9.59 Å². The topological polar surface area (TPSA) is 64.0 Å². The zero-order valence-corrected chi connectivity index (χ0v) is 15.8. The number of nitrogens with zero attached hydrogens (tertiary/aromatic N) is 2. The molecule has 134 valence electrons. The Morgan fingerprint density at radius 2 is 1.85 bits per heavy atom. The van der Waals surface area contributed by atoms with Gasteiger partial charge in [0.1, 0.15) is 0 Å². The van der Waals surface area contributed by atoms with Gasteiger partial charge < -0.3 is 9.88 Å². The minimum atomic E-state index is -0.260. The number of aromatic nitrogens is 2. The van der Waals surface area contributed by atoms with E-state index in [0.29, 0.717) is 11.3 Å². The van der Waals surface area contributed by atoms with Gasteiger partial charge in [-0.2, -0.15) is 0 Å². The molecule has 1 atom stereocenters. The van der Waals surface area contributed by atoms with Gasteiger partial charge >= 0.3 is 0 Å². The highest BCUT2D eigenvalue weighted by Gasteiger charge is 2.20. The number of thioether (sulfide) groups is 1. The number of hydrogen-bond donors (Lipinski definition) is 1. The molecule has 1 amide bonds. The molecular weight excluding hydrogens is 346 g/mol. The third-order valence-electron chi connectivity index (χ3n) is 4.08. The quantitative estimate of drug-likeness (QED) is 0.519. The highest BCUT2D eigenvalue weighted by molar-refractivity contribution is 8.00. The van der Waals surface area contributed by atoms with Crippen LogP contribution in [0.3, 0.4) is 0 Å². The number of anilines is 1. The fourth-order valence-corrected chi connectivity index (χ4v) is 3.88. The van der Waals surface area contributed by atoms with Crippen LogP contribution in [-0.2, 0) is 11.3 Å². The van der Waals surface area contributed by atoms with Gasteiger partial charge in [-0.1, -0.05) is 23.9 Å². The molecule has 0 saturated heterocycles. The van der Waals surface area contributed by atoms with Gasteiger partial charge in [0.05, 0.1) is 16.3 Å². The van der Waals surface area contributed by atoms with Crippen molar-refractivity contribution in [1.29, 1.82) is 0 Å². The van der Waals surface area contributed by atoms with Crippen molar-refractivity contribution in [2.24, 2.45) is 0 Å². The first kappa shape index (κ1) is 18.2. The van der Waals surface area contributed by atoms with E-state index >= 15 is 0 Å². The number of aryl methyl sites for hydroxylation is 1. The average Bonchev–Trinajstić information content (AvgIpc) is 2.98. The largest absolute Gasteiger partial charge is 0.326 e. The van der Waals surface area contributed by atoms with Crippen LogP contribution in [0.2, 0.25) is 0 Å². The molecule has 2 aromatic carbocycles. The second-order valence-corrected chi connectivity index (χ2v) is 7.32. The van der Waals surface area contributed by atoms with Crippen molar-refractivity contribution in [1.82, 2.24) is 9.55 Å². The Hall–Kier alpha value is -2.60. The van der Waals surface area contributed by atoms with Crippen LogP contribution in [0.25, 0.3) is 11.0 Å². The third-order valence-corrected chi connectivity index (χ3v) is 5.17. The second-order valence-electron chi connectivity index (χ2n) is 6.01. The number of Topliss-reactive ketones (excluding diaryl/α,β-unsaturated/α-hetero) is 1. The maximum Gasteiger partial charge on any atom is 0.221 e. The number of imidazole rings is 1. The first-order valence-electron chi connectivity index (χ1n) is 8.53. The maximum atomic E-state index is 12.8. The molecule has 0 spiro atoms. The van der Waals surface area contributed by atoms with Crippen LogP contribution < -0.4 is 5.32 Å². The number of nitrogens with one attached hydrogen (secondary N) is 1. The number of para-hydroxylation sites is 2. The molecule has 5 nitrogen and oxygen atoms in total. The van der Waals surface area contributed by atoms with Crippen molar-refractivity contribution in [2.45, 2.75) is 37.7 Å². The lowest BCUT2D eigenvalue weighted by Gasteiger charge is -2.12. The van der Waals surface area contributed by atoms with Crippen molar-refractivity contribution in [3.63, 3.8) is 0 Å². The number of benzene rings is 2. The Balaban J connectivity index is 1.78. The molecule has 1 aromatic heterocycles. The van der Waals surface area contributed by atoms with Crippen molar-refractivity contribution < 1.29 is 9.59 Å². The normalized spacial score (nSPS) is 12.1. The van der Waals surface area contributed by atoms with E-state index < -0.39 is 0 Å². The van der Waals surface area contributed by atoms with Crippen LogP contribution in [0, 0.1) is 0 Å². The predicted molar refractivity (Wildman–Crippen MR) is 106 cm³/mol. The van der Waals surface area contributed by atoms with Gasteiger partial charge in [-0.05, 0) is 50.2 Å². The first-order chi connectivity index (χ1) is 12.5. The van der Waals surface area contributed by atoms with Gasteiger partial charge in [0.2, 0.25) is 5.91 Å². The number of carbonyl (C=O) groups excluding carboxylic acids is 2. The van der Waals surface area contributed by atoms with Gasteiger partial charge in [0.15, 0.2) is 10.9 Å². The van der Waals surface area contributed by atoms with Crippen LogP contribution in [0.15, 0.2) is 53.7 Å². The number of hydrogen-bond acceptors (Lipinski definition) is 4. The van der Waals surface area contributed by atoms with Gasteiger partial charge in [0.25, 0.3) is 0 Å². The Morgan fingerprint density at radius 1 is 1.15 bits per heavy atom. The van der Waals surface area contributed by atoms with Gasteiger partial charge in [-0.15, -0.1) is 0 Å². The smallest absolute Gasteiger partial charge is 0.221 e. The van der Waals surface area contributed by atoms with Gasteiger partial charge in [-0.3, -0.25) is 9.59 Å². The number of amides is 1. The van der Waals surface area contributed by atoms with Crippen LogP contribution in [0.4, 0.5) is 5.69 Å². The summed E-state index contributed by atoms with van der Waals surface area (Å²) in [4.78, 5) is 28.5. The molecule has 26 heavy (non-hydrogen) atoms. The predicted octanol–water partition coefficient (Wildman–Crippen LogP) is 4.38. The lowest BCUT2D eigenvalue weighted by molar-refractivity contribution is -0.114. The summed E-state index contributed by atoms with van der Waals surface area (Å²) in [5, 5.41) is 3.29. The minimum Gasteiger partial charge on any atom is -0.326 e. The molecule has 0 bridgehead atoms. The Bertz CT molecular complexity index is 947. The summed E-state index contributed by atoms with van der Waals surface area (Å²) < 4.78 is 2.13. The zero-order valence-electron chi connectivity index (χ0n) is 15.0. The summed E-state index contributed by atoms with van der Waals surface area (Å²) in [6.07, 6.45) is 0. The van der Waals surface area contributed by atoms with Crippen molar-refractivity contribution in [3.05, 3.63) is 54.1 Å². The van der Waals surface area contributed by atoms with E-state index in [1.54, 1.807) is 24.3 Å². The fourth-order valence-electron chi connectivity index (χ4n) is 2.82. The monoisotopic (exact) mass is 367 g/mol. The molecule has 0 aliphatic heterocycles. The van der Waals surface area contributed by atoms with E-state index in [-0.39, 0.29) is 16.9 Å². The highest BCUT2D eigenvalue weighted by atomic mass is 32.2. The van der Waals surface area contributed by atoms with Gasteiger partial charge in [-0.25, -0.2) is 4.98 Å². The fraction of sp³-hybridized carbons (Fsp3) is 0.250. The summed E-state index contributed by atoms with van der Waals surface area (Å²) >= 11 is 1.47. The zero-order chi connectivity index (χ0) is 18.7. The lowest BCUT2D eigenvalue weighted by Crippen LogP contribution is -2.15. The molecule has 1 N–H and O–H groups in total. The van der Waals surface area contributed by atoms with Crippen LogP contribution in [-0.4, -0.2) is 26.5 Å².